The number of hydrogen-bond acceptors (Lipinski definition) is 5. The van der Waals surface area contributed by atoms with Crippen LogP contribution in [0.4, 0.5) is 0 Å². The van der Waals surface area contributed by atoms with Crippen LogP contribution >= 0.6 is 0 Å². The molecule has 7 nitrogen and oxygen atoms in total. The number of nitrogens with two attached hydrogens (primary N) is 1. The van der Waals surface area contributed by atoms with E-state index in [1.807, 2.05) is 26.4 Å². The second kappa shape index (κ2) is 4.42. The van der Waals surface area contributed by atoms with E-state index in [-0.39, 0.29) is 6.04 Å². The summed E-state index contributed by atoms with van der Waals surface area (Å²) in [5, 5.41) is 8.32. The van der Waals surface area contributed by atoms with Gasteiger partial charge in [-0.3, -0.25) is 20.6 Å². The molecule has 0 bridgehead atoms. The van der Waals surface area contributed by atoms with E-state index in [9.17, 15) is 0 Å². The Morgan fingerprint density at radius 3 is 2.81 bits per heavy atom. The number of hydrazine groups is 1. The molecule has 1 unspecified atom stereocenters. The zero-order valence-electron chi connectivity index (χ0n) is 9.33. The van der Waals surface area contributed by atoms with E-state index in [4.69, 9.17) is 5.84 Å². The topological polar surface area (TPSA) is 86.6 Å². The van der Waals surface area contributed by atoms with Crippen LogP contribution in [0.1, 0.15) is 17.6 Å². The lowest BCUT2D eigenvalue weighted by atomic mass is 10.1. The van der Waals surface area contributed by atoms with Gasteiger partial charge in [-0.2, -0.15) is 10.2 Å². The van der Waals surface area contributed by atoms with E-state index >= 15 is 0 Å². The number of aryl methyl sites for hydroxylation is 2. The molecule has 0 spiro atoms. The third-order valence-electron chi connectivity index (χ3n) is 2.48. The maximum absolute atomic E-state index is 5.52. The van der Waals surface area contributed by atoms with Gasteiger partial charge < -0.3 is 0 Å². The van der Waals surface area contributed by atoms with Crippen molar-refractivity contribution in [3.05, 3.63) is 30.1 Å². The quantitative estimate of drug-likeness (QED) is 0.526. The monoisotopic (exact) mass is 221 g/mol. The Hall–Kier alpha value is -1.73. The van der Waals surface area contributed by atoms with Crippen LogP contribution in [0.3, 0.4) is 0 Å². The normalized spacial score (nSPS) is 12.9. The van der Waals surface area contributed by atoms with Gasteiger partial charge in [-0.25, -0.2) is 4.98 Å². The van der Waals surface area contributed by atoms with Crippen LogP contribution in [0.5, 0.6) is 0 Å². The van der Waals surface area contributed by atoms with Crippen molar-refractivity contribution in [2.24, 2.45) is 19.9 Å². The number of hydrogen-bond donors (Lipinski definition) is 2. The van der Waals surface area contributed by atoms with Gasteiger partial charge in [0.05, 0.1) is 11.7 Å². The average Bonchev–Trinajstić information content (AvgIpc) is 2.85. The Bertz CT molecular complexity index is 458. The molecule has 0 aliphatic heterocycles. The van der Waals surface area contributed by atoms with Crippen molar-refractivity contribution in [2.75, 3.05) is 0 Å². The summed E-state index contributed by atoms with van der Waals surface area (Å²) in [4.78, 5) is 4.16. The van der Waals surface area contributed by atoms with Crippen molar-refractivity contribution in [2.45, 2.75) is 12.5 Å². The molecule has 0 aromatic carbocycles. The molecular weight excluding hydrogens is 206 g/mol. The molecule has 0 aliphatic rings. The molecule has 2 aromatic rings. The fraction of sp³-hybridized carbons (Fsp3) is 0.444. The predicted octanol–water partition coefficient (Wildman–Crippen LogP) is -0.704. The van der Waals surface area contributed by atoms with Crippen molar-refractivity contribution >= 4 is 0 Å². The highest BCUT2D eigenvalue weighted by Crippen LogP contribution is 2.13. The summed E-state index contributed by atoms with van der Waals surface area (Å²) in [6.45, 7) is 0. The van der Waals surface area contributed by atoms with Crippen molar-refractivity contribution in [3.63, 3.8) is 0 Å². The maximum atomic E-state index is 5.52. The summed E-state index contributed by atoms with van der Waals surface area (Å²) in [6.07, 6.45) is 4.07. The Labute approximate surface area is 93.2 Å². The number of rotatable bonds is 4. The summed E-state index contributed by atoms with van der Waals surface area (Å²) in [5.74, 6) is 6.39. The van der Waals surface area contributed by atoms with Crippen molar-refractivity contribution in [1.82, 2.24) is 30.0 Å². The van der Waals surface area contributed by atoms with Crippen LogP contribution < -0.4 is 11.3 Å². The second-order valence-electron chi connectivity index (χ2n) is 3.64. The smallest absolute Gasteiger partial charge is 0.138 e. The highest BCUT2D eigenvalue weighted by atomic mass is 15.3. The highest BCUT2D eigenvalue weighted by molar-refractivity contribution is 5.07. The lowest BCUT2D eigenvalue weighted by Gasteiger charge is -2.12. The first-order valence-electron chi connectivity index (χ1n) is 4.99. The minimum Gasteiger partial charge on any atom is -0.275 e. The van der Waals surface area contributed by atoms with Gasteiger partial charge in [0.1, 0.15) is 12.2 Å². The molecule has 0 saturated heterocycles. The summed E-state index contributed by atoms with van der Waals surface area (Å²) in [5.41, 5.74) is 3.64. The van der Waals surface area contributed by atoms with E-state index < -0.39 is 0 Å². The van der Waals surface area contributed by atoms with Gasteiger partial charge in [-0.15, -0.1) is 0 Å². The van der Waals surface area contributed by atoms with Crippen LogP contribution in [0, 0.1) is 0 Å². The lowest BCUT2D eigenvalue weighted by Crippen LogP contribution is -2.30. The highest BCUT2D eigenvalue weighted by Gasteiger charge is 2.15. The first kappa shape index (κ1) is 10.8. The standard InChI is InChI=1S/C9H15N7/c1-15-4-3-7(14-15)8(13-10)5-9-11-6-12-16(9)2/h3-4,6,8,13H,5,10H2,1-2H3. The molecule has 16 heavy (non-hydrogen) atoms. The zero-order chi connectivity index (χ0) is 11.5. The van der Waals surface area contributed by atoms with Crippen molar-refractivity contribution in [1.29, 1.82) is 0 Å². The molecule has 86 valence electrons. The van der Waals surface area contributed by atoms with Crippen LogP contribution in [0.15, 0.2) is 18.6 Å². The third-order valence-corrected chi connectivity index (χ3v) is 2.48. The molecule has 0 aliphatic carbocycles. The molecule has 2 heterocycles. The van der Waals surface area contributed by atoms with Crippen LogP contribution in [-0.4, -0.2) is 24.5 Å². The van der Waals surface area contributed by atoms with Crippen molar-refractivity contribution in [3.8, 4) is 0 Å². The van der Waals surface area contributed by atoms with Gasteiger partial charge in [0, 0.05) is 26.7 Å². The summed E-state index contributed by atoms with van der Waals surface area (Å²) in [7, 11) is 3.73. The Morgan fingerprint density at radius 1 is 1.50 bits per heavy atom. The molecule has 7 heteroatoms. The minimum absolute atomic E-state index is 0.0518. The largest absolute Gasteiger partial charge is 0.275 e. The summed E-state index contributed by atoms with van der Waals surface area (Å²) < 4.78 is 3.48. The molecular formula is C9H15N7. The average molecular weight is 221 g/mol. The van der Waals surface area contributed by atoms with Gasteiger partial charge in [-0.05, 0) is 6.07 Å². The molecule has 2 aromatic heterocycles. The Morgan fingerprint density at radius 2 is 2.31 bits per heavy atom. The van der Waals surface area contributed by atoms with Gasteiger partial charge in [-0.1, -0.05) is 0 Å². The first-order valence-corrected chi connectivity index (χ1v) is 4.99. The van der Waals surface area contributed by atoms with Crippen LogP contribution in [0.2, 0.25) is 0 Å². The van der Waals surface area contributed by atoms with E-state index in [2.05, 4.69) is 20.6 Å². The number of nitrogens with zero attached hydrogens (tertiary/aromatic N) is 5. The number of nitrogens with one attached hydrogen (secondary N) is 1. The van der Waals surface area contributed by atoms with Gasteiger partial charge >= 0.3 is 0 Å². The molecule has 1 atom stereocenters. The predicted molar refractivity (Wildman–Crippen MR) is 58.0 cm³/mol. The van der Waals surface area contributed by atoms with Gasteiger partial charge in [0.2, 0.25) is 0 Å². The van der Waals surface area contributed by atoms with Gasteiger partial charge in [0.15, 0.2) is 0 Å². The number of aromatic nitrogens is 5. The molecule has 2 rings (SSSR count). The van der Waals surface area contributed by atoms with Crippen molar-refractivity contribution < 1.29 is 0 Å². The molecule has 0 saturated carbocycles. The first-order chi connectivity index (χ1) is 7.70. The molecule has 3 N–H and O–H groups in total. The fourth-order valence-electron chi connectivity index (χ4n) is 1.56. The van der Waals surface area contributed by atoms with E-state index in [0.717, 1.165) is 11.5 Å². The van der Waals surface area contributed by atoms with Crippen LogP contribution in [0.25, 0.3) is 0 Å². The lowest BCUT2D eigenvalue weighted by molar-refractivity contribution is 0.505. The van der Waals surface area contributed by atoms with Crippen LogP contribution in [-0.2, 0) is 20.5 Å². The molecule has 0 fully saturated rings. The Balaban J connectivity index is 2.15. The summed E-state index contributed by atoms with van der Waals surface area (Å²) in [6, 6.07) is 1.88. The second-order valence-corrected chi connectivity index (χ2v) is 3.64. The summed E-state index contributed by atoms with van der Waals surface area (Å²) >= 11 is 0. The fourth-order valence-corrected chi connectivity index (χ4v) is 1.56. The third kappa shape index (κ3) is 2.10. The Kier molecular flexibility index (Phi) is 2.97. The minimum atomic E-state index is -0.0518. The maximum Gasteiger partial charge on any atom is 0.138 e. The van der Waals surface area contributed by atoms with E-state index in [1.54, 1.807) is 9.36 Å². The van der Waals surface area contributed by atoms with Gasteiger partial charge in [0.25, 0.3) is 0 Å². The van der Waals surface area contributed by atoms with E-state index in [1.165, 1.54) is 6.33 Å². The zero-order valence-corrected chi connectivity index (χ0v) is 9.33. The van der Waals surface area contributed by atoms with E-state index in [0.29, 0.717) is 6.42 Å². The molecule has 0 radical (unpaired) electrons. The molecule has 0 amide bonds. The SMILES string of the molecule is Cn1ccc(C(Cc2ncnn2C)NN)n1.